The first-order valence-electron chi connectivity index (χ1n) is 9.89. The Hall–Kier alpha value is -4.46. The maximum Gasteiger partial charge on any atom is 0.287 e. The Bertz CT molecular complexity index is 1280. The summed E-state index contributed by atoms with van der Waals surface area (Å²) in [5, 5.41) is 3.06. The number of para-hydroxylation sites is 1. The summed E-state index contributed by atoms with van der Waals surface area (Å²) in [6, 6.07) is 19.9. The van der Waals surface area contributed by atoms with Gasteiger partial charge in [-0.3, -0.25) is 25.2 Å². The molecule has 3 amide bonds. The van der Waals surface area contributed by atoms with Gasteiger partial charge in [0.1, 0.15) is 0 Å². The van der Waals surface area contributed by atoms with E-state index in [2.05, 4.69) is 21.2 Å². The number of benzene rings is 2. The van der Waals surface area contributed by atoms with Gasteiger partial charge in [0.25, 0.3) is 17.7 Å². The van der Waals surface area contributed by atoms with Crippen molar-refractivity contribution in [3.63, 3.8) is 0 Å². The maximum absolute atomic E-state index is 12.9. The van der Waals surface area contributed by atoms with Crippen LogP contribution in [0, 0.1) is 6.92 Å². The van der Waals surface area contributed by atoms with Crippen molar-refractivity contribution in [2.75, 3.05) is 6.54 Å². The van der Waals surface area contributed by atoms with Crippen LogP contribution >= 0.6 is 0 Å². The third kappa shape index (κ3) is 4.65. The predicted octanol–water partition coefficient (Wildman–Crippen LogP) is 2.99. The highest BCUT2D eigenvalue weighted by atomic mass is 16.3. The highest BCUT2D eigenvalue weighted by Crippen LogP contribution is 2.25. The van der Waals surface area contributed by atoms with Gasteiger partial charge in [0.15, 0.2) is 5.76 Å². The molecule has 0 radical (unpaired) electrons. The zero-order valence-electron chi connectivity index (χ0n) is 17.2. The maximum atomic E-state index is 12.9. The second-order valence-electron chi connectivity index (χ2n) is 7.10. The van der Waals surface area contributed by atoms with Gasteiger partial charge in [-0.05, 0) is 31.2 Å². The van der Waals surface area contributed by atoms with E-state index in [1.165, 1.54) is 12.3 Å². The summed E-state index contributed by atoms with van der Waals surface area (Å²) in [5.74, 6) is -1.52. The van der Waals surface area contributed by atoms with Gasteiger partial charge in [-0.2, -0.15) is 0 Å². The molecule has 2 heterocycles. The van der Waals surface area contributed by atoms with Gasteiger partial charge in [-0.25, -0.2) is 4.98 Å². The van der Waals surface area contributed by atoms with Crippen LogP contribution < -0.4 is 16.2 Å². The molecule has 3 N–H and O–H groups in total. The van der Waals surface area contributed by atoms with Crippen molar-refractivity contribution in [3.8, 4) is 11.3 Å². The average molecular weight is 428 g/mol. The Morgan fingerprint density at radius 3 is 2.44 bits per heavy atom. The van der Waals surface area contributed by atoms with Gasteiger partial charge < -0.3 is 9.73 Å². The fourth-order valence-corrected chi connectivity index (χ4v) is 3.13. The molecule has 4 aromatic rings. The van der Waals surface area contributed by atoms with Crippen LogP contribution in [0.3, 0.4) is 0 Å². The standard InChI is InChI=1S/C24H20N4O4/c1-15-8-10-16(11-9-15)20-13-18(17-5-2-3-6-19(17)26-20)23(30)28-27-22(29)14-25-24(31)21-7-4-12-32-21/h2-13H,14H2,1H3,(H,25,31)(H,27,29)(H,28,30). The first-order chi connectivity index (χ1) is 15.5. The SMILES string of the molecule is Cc1ccc(-c2cc(C(=O)NNC(=O)CNC(=O)c3ccco3)c3ccccc3n2)cc1. The minimum Gasteiger partial charge on any atom is -0.459 e. The lowest BCUT2D eigenvalue weighted by Gasteiger charge is -2.12. The zero-order valence-corrected chi connectivity index (χ0v) is 17.2. The third-order valence-electron chi connectivity index (χ3n) is 4.78. The van der Waals surface area contributed by atoms with Crippen LogP contribution in [0.1, 0.15) is 26.5 Å². The molecule has 4 rings (SSSR count). The summed E-state index contributed by atoms with van der Waals surface area (Å²) in [6.45, 7) is 1.67. The predicted molar refractivity (Wildman–Crippen MR) is 119 cm³/mol. The molecule has 0 saturated carbocycles. The van der Waals surface area contributed by atoms with Crippen LogP contribution in [0.15, 0.2) is 77.4 Å². The van der Waals surface area contributed by atoms with Crippen molar-refractivity contribution in [1.29, 1.82) is 0 Å². The first kappa shape index (κ1) is 20.8. The molecule has 0 atom stereocenters. The molecule has 8 heteroatoms. The number of hydrogen-bond donors (Lipinski definition) is 3. The van der Waals surface area contributed by atoms with E-state index in [1.54, 1.807) is 18.2 Å². The van der Waals surface area contributed by atoms with Crippen molar-refractivity contribution < 1.29 is 18.8 Å². The number of furan rings is 1. The number of nitrogens with one attached hydrogen (secondary N) is 3. The molecule has 0 spiro atoms. The lowest BCUT2D eigenvalue weighted by atomic mass is 10.0. The summed E-state index contributed by atoms with van der Waals surface area (Å²) in [6.07, 6.45) is 1.36. The van der Waals surface area contributed by atoms with E-state index < -0.39 is 17.7 Å². The number of carbonyl (C=O) groups excluding carboxylic acids is 3. The van der Waals surface area contributed by atoms with Crippen molar-refractivity contribution in [2.45, 2.75) is 6.92 Å². The van der Waals surface area contributed by atoms with E-state index >= 15 is 0 Å². The zero-order chi connectivity index (χ0) is 22.5. The van der Waals surface area contributed by atoms with Gasteiger partial charge in [-0.1, -0.05) is 48.0 Å². The van der Waals surface area contributed by atoms with Crippen LogP contribution in [0.5, 0.6) is 0 Å². The Morgan fingerprint density at radius 2 is 1.69 bits per heavy atom. The number of nitrogens with zero attached hydrogens (tertiary/aromatic N) is 1. The summed E-state index contributed by atoms with van der Waals surface area (Å²) in [5.41, 5.74) is 8.37. The minimum atomic E-state index is -0.588. The van der Waals surface area contributed by atoms with Gasteiger partial charge in [0.05, 0.1) is 29.6 Å². The van der Waals surface area contributed by atoms with Gasteiger partial charge in [-0.15, -0.1) is 0 Å². The van der Waals surface area contributed by atoms with Crippen molar-refractivity contribution in [1.82, 2.24) is 21.2 Å². The Balaban J connectivity index is 1.48. The summed E-state index contributed by atoms with van der Waals surface area (Å²) in [4.78, 5) is 41.4. The highest BCUT2D eigenvalue weighted by molar-refractivity contribution is 6.07. The molecule has 32 heavy (non-hydrogen) atoms. The molecule has 0 aliphatic carbocycles. The number of amides is 3. The average Bonchev–Trinajstić information content (AvgIpc) is 3.36. The summed E-state index contributed by atoms with van der Waals surface area (Å²) in [7, 11) is 0. The minimum absolute atomic E-state index is 0.0914. The molecule has 0 aliphatic heterocycles. The molecule has 0 unspecified atom stereocenters. The fraction of sp³-hybridized carbons (Fsp3) is 0.0833. The first-order valence-corrected chi connectivity index (χ1v) is 9.89. The normalized spacial score (nSPS) is 10.5. The van der Waals surface area contributed by atoms with Crippen molar-refractivity contribution in [2.24, 2.45) is 0 Å². The lowest BCUT2D eigenvalue weighted by molar-refractivity contribution is -0.120. The fourth-order valence-electron chi connectivity index (χ4n) is 3.13. The van der Waals surface area contributed by atoms with E-state index in [1.807, 2.05) is 49.4 Å². The molecule has 8 nitrogen and oxygen atoms in total. The van der Waals surface area contributed by atoms with E-state index in [4.69, 9.17) is 4.42 Å². The number of aromatic nitrogens is 1. The number of fused-ring (bicyclic) bond motifs is 1. The van der Waals surface area contributed by atoms with Gasteiger partial charge in [0, 0.05) is 10.9 Å². The number of rotatable bonds is 5. The van der Waals surface area contributed by atoms with Crippen molar-refractivity contribution >= 4 is 28.6 Å². The number of hydrogen-bond acceptors (Lipinski definition) is 5. The number of aryl methyl sites for hydroxylation is 1. The molecule has 0 aliphatic rings. The molecule has 0 saturated heterocycles. The second-order valence-corrected chi connectivity index (χ2v) is 7.10. The Morgan fingerprint density at radius 1 is 0.906 bits per heavy atom. The van der Waals surface area contributed by atoms with Crippen LogP contribution in [-0.2, 0) is 4.79 Å². The smallest absolute Gasteiger partial charge is 0.287 e. The molecule has 2 aromatic carbocycles. The molecule has 0 bridgehead atoms. The summed E-state index contributed by atoms with van der Waals surface area (Å²) >= 11 is 0. The van der Waals surface area contributed by atoms with Crippen LogP contribution in [0.4, 0.5) is 0 Å². The van der Waals surface area contributed by atoms with Crippen LogP contribution in [0.25, 0.3) is 22.2 Å². The third-order valence-corrected chi connectivity index (χ3v) is 4.78. The monoisotopic (exact) mass is 428 g/mol. The Kier molecular flexibility index (Phi) is 5.94. The number of hydrazine groups is 1. The van der Waals surface area contributed by atoms with E-state index in [0.717, 1.165) is 11.1 Å². The topological polar surface area (TPSA) is 113 Å². The largest absolute Gasteiger partial charge is 0.459 e. The molecule has 2 aromatic heterocycles. The molecule has 0 fully saturated rings. The van der Waals surface area contributed by atoms with E-state index in [0.29, 0.717) is 22.2 Å². The summed E-state index contributed by atoms with van der Waals surface area (Å²) < 4.78 is 4.96. The molecular weight excluding hydrogens is 408 g/mol. The van der Waals surface area contributed by atoms with E-state index in [-0.39, 0.29) is 12.3 Å². The van der Waals surface area contributed by atoms with Gasteiger partial charge >= 0.3 is 0 Å². The lowest BCUT2D eigenvalue weighted by Crippen LogP contribution is -2.46. The number of carbonyl (C=O) groups is 3. The second kappa shape index (κ2) is 9.13. The van der Waals surface area contributed by atoms with Crippen molar-refractivity contribution in [3.05, 3.63) is 89.9 Å². The molecular formula is C24H20N4O4. The van der Waals surface area contributed by atoms with Crippen LogP contribution in [0.2, 0.25) is 0 Å². The Labute approximate surface area is 183 Å². The number of pyridine rings is 1. The van der Waals surface area contributed by atoms with Gasteiger partial charge in [0.2, 0.25) is 0 Å². The molecule has 160 valence electrons. The quantitative estimate of drug-likeness (QED) is 0.423. The van der Waals surface area contributed by atoms with Crippen LogP contribution in [-0.4, -0.2) is 29.3 Å². The van der Waals surface area contributed by atoms with E-state index in [9.17, 15) is 14.4 Å². The highest BCUT2D eigenvalue weighted by Gasteiger charge is 2.15.